The van der Waals surface area contributed by atoms with E-state index in [9.17, 15) is 9.59 Å². The van der Waals surface area contributed by atoms with Gasteiger partial charge in [0.25, 0.3) is 0 Å². The van der Waals surface area contributed by atoms with Crippen LogP contribution in [0.2, 0.25) is 0 Å². The Kier molecular flexibility index (Phi) is 2.99. The summed E-state index contributed by atoms with van der Waals surface area (Å²) in [5.41, 5.74) is 0. The molecule has 1 aliphatic rings. The molecule has 5 heteroatoms. The van der Waals surface area contributed by atoms with Crippen molar-refractivity contribution in [1.82, 2.24) is 4.90 Å². The Hall–Kier alpha value is -2.04. The number of rotatable bonds is 3. The van der Waals surface area contributed by atoms with Gasteiger partial charge < -0.3 is 14.4 Å². The summed E-state index contributed by atoms with van der Waals surface area (Å²) >= 11 is 0. The molecule has 0 spiro atoms. The summed E-state index contributed by atoms with van der Waals surface area (Å²) in [5, 5.41) is 8.67. The fraction of sp³-hybridized carbons (Fsp3) is 0.333. The van der Waals surface area contributed by atoms with Crippen molar-refractivity contribution >= 4 is 18.0 Å². The molecule has 0 saturated carbocycles. The number of carboxylic acid groups (broad SMARTS) is 1. The Bertz CT molecular complexity index is 469. The van der Waals surface area contributed by atoms with Gasteiger partial charge in [0.1, 0.15) is 11.5 Å². The first-order valence-corrected chi connectivity index (χ1v) is 5.32. The number of furan rings is 1. The van der Waals surface area contributed by atoms with Crippen LogP contribution in [0.4, 0.5) is 0 Å². The number of aliphatic carboxylic acids is 1. The molecule has 0 radical (unpaired) electrons. The smallest absolute Gasteiger partial charge is 0.310 e. The number of likely N-dealkylation sites (tertiary alicyclic amines) is 1. The molecule has 2 rings (SSSR count). The molecule has 1 N–H and O–H groups in total. The summed E-state index contributed by atoms with van der Waals surface area (Å²) in [6.45, 7) is 2.40. The average Bonchev–Trinajstić information content (AvgIpc) is 2.58. The number of hydrogen-bond donors (Lipinski definition) is 1. The van der Waals surface area contributed by atoms with E-state index in [-0.39, 0.29) is 19.0 Å². The van der Waals surface area contributed by atoms with E-state index in [0.29, 0.717) is 5.76 Å². The lowest BCUT2D eigenvalue weighted by Gasteiger charge is -2.35. The lowest BCUT2D eigenvalue weighted by atomic mass is 10.0. The number of nitrogens with zero attached hydrogens (tertiary/aromatic N) is 1. The highest BCUT2D eigenvalue weighted by molar-refractivity contribution is 5.93. The second-order valence-electron chi connectivity index (χ2n) is 4.06. The second-order valence-corrected chi connectivity index (χ2v) is 4.06. The van der Waals surface area contributed by atoms with Gasteiger partial charge in [-0.2, -0.15) is 0 Å². The molecule has 1 saturated heterocycles. The SMILES string of the molecule is Cc1ccc(C=CC(=O)N2CC(C(=O)O)C2)o1. The van der Waals surface area contributed by atoms with Gasteiger partial charge in [-0.1, -0.05) is 0 Å². The average molecular weight is 235 g/mol. The van der Waals surface area contributed by atoms with E-state index < -0.39 is 11.9 Å². The maximum Gasteiger partial charge on any atom is 0.310 e. The minimum atomic E-state index is -0.848. The minimum Gasteiger partial charge on any atom is -0.481 e. The highest BCUT2D eigenvalue weighted by atomic mass is 16.4. The third-order valence-corrected chi connectivity index (χ3v) is 2.69. The van der Waals surface area contributed by atoms with Gasteiger partial charge in [0.15, 0.2) is 0 Å². The molecule has 1 amide bonds. The lowest BCUT2D eigenvalue weighted by molar-refractivity contribution is -0.151. The summed E-state index contributed by atoms with van der Waals surface area (Å²) in [4.78, 5) is 23.6. The summed E-state index contributed by atoms with van der Waals surface area (Å²) in [7, 11) is 0. The first kappa shape index (κ1) is 11.4. The van der Waals surface area contributed by atoms with Gasteiger partial charge in [-0.25, -0.2) is 0 Å². The number of carboxylic acids is 1. The van der Waals surface area contributed by atoms with Gasteiger partial charge in [-0.3, -0.25) is 9.59 Å². The number of hydrogen-bond acceptors (Lipinski definition) is 3. The first-order valence-electron chi connectivity index (χ1n) is 5.32. The largest absolute Gasteiger partial charge is 0.481 e. The number of aryl methyl sites for hydroxylation is 1. The van der Waals surface area contributed by atoms with Crippen LogP contribution in [0.15, 0.2) is 22.6 Å². The van der Waals surface area contributed by atoms with E-state index >= 15 is 0 Å². The zero-order valence-corrected chi connectivity index (χ0v) is 9.42. The Morgan fingerprint density at radius 2 is 2.18 bits per heavy atom. The van der Waals surface area contributed by atoms with Gasteiger partial charge in [0, 0.05) is 19.2 Å². The van der Waals surface area contributed by atoms with E-state index in [1.54, 1.807) is 12.1 Å². The molecule has 0 atom stereocenters. The van der Waals surface area contributed by atoms with Crippen LogP contribution in [0.25, 0.3) is 6.08 Å². The van der Waals surface area contributed by atoms with E-state index in [1.165, 1.54) is 11.0 Å². The molecule has 0 aliphatic carbocycles. The molecular formula is C12H13NO4. The fourth-order valence-electron chi connectivity index (χ4n) is 1.62. The number of carbonyl (C=O) groups is 2. The maximum absolute atomic E-state index is 11.6. The monoisotopic (exact) mass is 235 g/mol. The molecule has 17 heavy (non-hydrogen) atoms. The molecule has 1 aromatic rings. The van der Waals surface area contributed by atoms with Crippen LogP contribution < -0.4 is 0 Å². The Labute approximate surface area is 98.3 Å². The van der Waals surface area contributed by atoms with Crippen molar-refractivity contribution in [2.75, 3.05) is 13.1 Å². The molecule has 0 bridgehead atoms. The van der Waals surface area contributed by atoms with Crippen LogP contribution in [0.3, 0.4) is 0 Å². The number of amides is 1. The highest BCUT2D eigenvalue weighted by Crippen LogP contribution is 2.16. The van der Waals surface area contributed by atoms with Gasteiger partial charge in [-0.15, -0.1) is 0 Å². The van der Waals surface area contributed by atoms with E-state index in [0.717, 1.165) is 5.76 Å². The van der Waals surface area contributed by atoms with Crippen LogP contribution in [0.5, 0.6) is 0 Å². The molecule has 1 aromatic heterocycles. The van der Waals surface area contributed by atoms with Crippen molar-refractivity contribution in [2.24, 2.45) is 5.92 Å². The molecule has 1 aliphatic heterocycles. The molecule has 5 nitrogen and oxygen atoms in total. The second kappa shape index (κ2) is 4.45. The molecule has 0 unspecified atom stereocenters. The minimum absolute atomic E-state index is 0.184. The first-order chi connectivity index (χ1) is 8.06. The predicted octanol–water partition coefficient (Wildman–Crippen LogP) is 1.14. The van der Waals surface area contributed by atoms with Crippen molar-refractivity contribution in [3.8, 4) is 0 Å². The Morgan fingerprint density at radius 3 is 2.71 bits per heavy atom. The van der Waals surface area contributed by atoms with Gasteiger partial charge in [0.05, 0.1) is 5.92 Å². The Balaban J connectivity index is 1.87. The lowest BCUT2D eigenvalue weighted by Crippen LogP contribution is -2.52. The third kappa shape index (κ3) is 2.55. The zero-order chi connectivity index (χ0) is 12.4. The molecule has 0 aromatic carbocycles. The van der Waals surface area contributed by atoms with Crippen LogP contribution in [-0.2, 0) is 9.59 Å². The summed E-state index contributed by atoms with van der Waals surface area (Å²) in [5.74, 6) is -0.0485. The van der Waals surface area contributed by atoms with E-state index in [2.05, 4.69) is 0 Å². The van der Waals surface area contributed by atoms with Crippen LogP contribution in [-0.4, -0.2) is 35.0 Å². The van der Waals surface area contributed by atoms with E-state index in [4.69, 9.17) is 9.52 Å². The van der Waals surface area contributed by atoms with Gasteiger partial charge in [-0.05, 0) is 25.1 Å². The topological polar surface area (TPSA) is 70.8 Å². The van der Waals surface area contributed by atoms with E-state index in [1.807, 2.05) is 13.0 Å². The van der Waals surface area contributed by atoms with Crippen LogP contribution >= 0.6 is 0 Å². The van der Waals surface area contributed by atoms with Gasteiger partial charge in [0.2, 0.25) is 5.91 Å². The molecule has 2 heterocycles. The molecule has 1 fully saturated rings. The van der Waals surface area contributed by atoms with Crippen LogP contribution in [0.1, 0.15) is 11.5 Å². The zero-order valence-electron chi connectivity index (χ0n) is 9.42. The van der Waals surface area contributed by atoms with Crippen molar-refractivity contribution in [1.29, 1.82) is 0 Å². The summed E-state index contributed by atoms with van der Waals surface area (Å²) in [6, 6.07) is 3.59. The molecule has 90 valence electrons. The number of carbonyl (C=O) groups excluding carboxylic acids is 1. The Morgan fingerprint density at radius 1 is 1.47 bits per heavy atom. The summed E-state index contributed by atoms with van der Waals surface area (Å²) < 4.78 is 5.27. The van der Waals surface area contributed by atoms with Crippen molar-refractivity contribution in [2.45, 2.75) is 6.92 Å². The maximum atomic E-state index is 11.6. The fourth-order valence-corrected chi connectivity index (χ4v) is 1.62. The highest BCUT2D eigenvalue weighted by Gasteiger charge is 2.34. The van der Waals surface area contributed by atoms with Crippen LogP contribution in [0, 0.1) is 12.8 Å². The predicted molar refractivity (Wildman–Crippen MR) is 60.2 cm³/mol. The van der Waals surface area contributed by atoms with Crippen molar-refractivity contribution in [3.05, 3.63) is 29.7 Å². The standard InChI is InChI=1S/C12H13NO4/c1-8-2-3-10(17-8)4-5-11(14)13-6-9(7-13)12(15)16/h2-5,9H,6-7H2,1H3,(H,15,16). The van der Waals surface area contributed by atoms with Gasteiger partial charge >= 0.3 is 5.97 Å². The quantitative estimate of drug-likeness (QED) is 0.797. The normalized spacial score (nSPS) is 16.2. The van der Waals surface area contributed by atoms with Crippen molar-refractivity contribution < 1.29 is 19.1 Å². The molecular weight excluding hydrogens is 222 g/mol. The third-order valence-electron chi connectivity index (χ3n) is 2.69. The van der Waals surface area contributed by atoms with Crippen molar-refractivity contribution in [3.63, 3.8) is 0 Å². The summed E-state index contributed by atoms with van der Waals surface area (Å²) in [6.07, 6.45) is 2.99.